The van der Waals surface area contributed by atoms with Gasteiger partial charge in [0.05, 0.1) is 6.10 Å². The Morgan fingerprint density at radius 2 is 1.94 bits per heavy atom. The summed E-state index contributed by atoms with van der Waals surface area (Å²) in [4.78, 5) is 2.41. The number of hydrogen-bond acceptors (Lipinski definition) is 3. The van der Waals surface area contributed by atoms with E-state index in [0.29, 0.717) is 6.04 Å². The maximum Gasteiger partial charge on any atom is 0.122 e. The van der Waals surface area contributed by atoms with Crippen LogP contribution in [0, 0.1) is 6.92 Å². The molecule has 0 atom stereocenters. The number of aryl methyl sites for hydroxylation is 1. The first kappa shape index (κ1) is 13.2. The molecule has 0 unspecified atom stereocenters. The first-order valence-corrected chi connectivity index (χ1v) is 6.84. The van der Waals surface area contributed by atoms with Crippen molar-refractivity contribution in [2.45, 2.75) is 45.8 Å². The van der Waals surface area contributed by atoms with Crippen molar-refractivity contribution in [1.29, 1.82) is 0 Å². The van der Waals surface area contributed by atoms with Crippen molar-refractivity contribution in [3.63, 3.8) is 0 Å². The predicted octanol–water partition coefficient (Wildman–Crippen LogP) is 2.71. The maximum absolute atomic E-state index is 5.94. The molecule has 0 spiro atoms. The topological polar surface area (TPSA) is 38.5 Å². The molecule has 0 aromatic heterocycles. The summed E-state index contributed by atoms with van der Waals surface area (Å²) in [6, 6.07) is 6.83. The highest BCUT2D eigenvalue weighted by molar-refractivity contribution is 5.53. The van der Waals surface area contributed by atoms with Crippen LogP contribution >= 0.6 is 0 Å². The molecule has 0 amide bonds. The molecule has 0 radical (unpaired) electrons. The molecular formula is C15H24N2O. The first-order chi connectivity index (χ1) is 8.56. The van der Waals surface area contributed by atoms with E-state index in [4.69, 9.17) is 10.5 Å². The number of piperidine rings is 1. The van der Waals surface area contributed by atoms with Gasteiger partial charge in [-0.15, -0.1) is 0 Å². The Hall–Kier alpha value is -1.22. The summed E-state index contributed by atoms with van der Waals surface area (Å²) in [5, 5.41) is 0. The van der Waals surface area contributed by atoms with Crippen LogP contribution in [-0.4, -0.2) is 25.2 Å². The number of ether oxygens (including phenoxy) is 1. The van der Waals surface area contributed by atoms with Crippen LogP contribution in [0.3, 0.4) is 0 Å². The van der Waals surface area contributed by atoms with Gasteiger partial charge in [-0.25, -0.2) is 0 Å². The third-order valence-corrected chi connectivity index (χ3v) is 3.43. The summed E-state index contributed by atoms with van der Waals surface area (Å²) < 4.78 is 5.77. The van der Waals surface area contributed by atoms with Gasteiger partial charge in [0.15, 0.2) is 0 Å². The molecule has 1 aliphatic rings. The molecule has 1 aromatic rings. The van der Waals surface area contributed by atoms with Crippen LogP contribution in [0.2, 0.25) is 0 Å². The molecule has 3 heteroatoms. The lowest BCUT2D eigenvalue weighted by Gasteiger charge is -2.32. The third kappa shape index (κ3) is 3.16. The Labute approximate surface area is 110 Å². The van der Waals surface area contributed by atoms with Crippen LogP contribution in [0.5, 0.6) is 5.75 Å². The lowest BCUT2D eigenvalue weighted by atomic mass is 10.0. The number of benzene rings is 1. The minimum absolute atomic E-state index is 0.225. The van der Waals surface area contributed by atoms with Crippen LogP contribution in [0.25, 0.3) is 0 Å². The number of nitrogens with two attached hydrogens (primary N) is 1. The van der Waals surface area contributed by atoms with Crippen LogP contribution < -0.4 is 15.4 Å². The van der Waals surface area contributed by atoms with Crippen LogP contribution in [0.1, 0.15) is 32.3 Å². The fourth-order valence-corrected chi connectivity index (χ4v) is 2.37. The molecule has 18 heavy (non-hydrogen) atoms. The molecule has 2 N–H and O–H groups in total. The zero-order chi connectivity index (χ0) is 13.1. The fraction of sp³-hybridized carbons (Fsp3) is 0.600. The Morgan fingerprint density at radius 1 is 1.28 bits per heavy atom. The first-order valence-electron chi connectivity index (χ1n) is 6.84. The van der Waals surface area contributed by atoms with E-state index in [2.05, 4.69) is 43.9 Å². The van der Waals surface area contributed by atoms with Gasteiger partial charge in [0, 0.05) is 24.8 Å². The molecule has 100 valence electrons. The van der Waals surface area contributed by atoms with E-state index in [9.17, 15) is 0 Å². The molecule has 1 aromatic carbocycles. The number of anilines is 1. The fourth-order valence-electron chi connectivity index (χ4n) is 2.37. The van der Waals surface area contributed by atoms with Gasteiger partial charge in [0.25, 0.3) is 0 Å². The lowest BCUT2D eigenvalue weighted by molar-refractivity contribution is 0.241. The standard InChI is InChI=1S/C15H24N2O/c1-11(2)18-15-5-4-14(10-12(15)3)17-8-6-13(16)7-9-17/h4-5,10-11,13H,6-9,16H2,1-3H3. The molecule has 1 heterocycles. The van der Waals surface area contributed by atoms with E-state index >= 15 is 0 Å². The van der Waals surface area contributed by atoms with Crippen LogP contribution in [0.4, 0.5) is 5.69 Å². The lowest BCUT2D eigenvalue weighted by Crippen LogP contribution is -2.39. The summed E-state index contributed by atoms with van der Waals surface area (Å²) in [7, 11) is 0. The van der Waals surface area contributed by atoms with Gasteiger partial charge in [-0.1, -0.05) is 0 Å². The van der Waals surface area contributed by atoms with Crippen molar-refractivity contribution < 1.29 is 4.74 Å². The van der Waals surface area contributed by atoms with Gasteiger partial charge in [-0.3, -0.25) is 0 Å². The largest absolute Gasteiger partial charge is 0.491 e. The Balaban J connectivity index is 2.08. The molecular weight excluding hydrogens is 224 g/mol. The summed E-state index contributed by atoms with van der Waals surface area (Å²) in [5.74, 6) is 0.988. The quantitative estimate of drug-likeness (QED) is 0.894. The van der Waals surface area contributed by atoms with Crippen molar-refractivity contribution in [2.75, 3.05) is 18.0 Å². The van der Waals surface area contributed by atoms with E-state index in [1.54, 1.807) is 0 Å². The van der Waals surface area contributed by atoms with Crippen molar-refractivity contribution in [1.82, 2.24) is 0 Å². The number of hydrogen-bond donors (Lipinski definition) is 1. The van der Waals surface area contributed by atoms with Crippen LogP contribution in [0.15, 0.2) is 18.2 Å². The van der Waals surface area contributed by atoms with Crippen molar-refractivity contribution in [2.24, 2.45) is 5.73 Å². The SMILES string of the molecule is Cc1cc(N2CCC(N)CC2)ccc1OC(C)C. The van der Waals surface area contributed by atoms with E-state index in [1.807, 2.05) is 0 Å². The minimum atomic E-state index is 0.225. The van der Waals surface area contributed by atoms with E-state index in [1.165, 1.54) is 11.3 Å². The highest BCUT2D eigenvalue weighted by Crippen LogP contribution is 2.27. The van der Waals surface area contributed by atoms with Gasteiger partial charge in [-0.05, 0) is 57.4 Å². The average molecular weight is 248 g/mol. The third-order valence-electron chi connectivity index (χ3n) is 3.43. The zero-order valence-corrected chi connectivity index (χ0v) is 11.6. The smallest absolute Gasteiger partial charge is 0.122 e. The molecule has 2 rings (SSSR count). The normalized spacial score (nSPS) is 17.3. The van der Waals surface area contributed by atoms with E-state index < -0.39 is 0 Å². The average Bonchev–Trinajstić information content (AvgIpc) is 2.32. The second-order valence-corrected chi connectivity index (χ2v) is 5.44. The van der Waals surface area contributed by atoms with E-state index in [-0.39, 0.29) is 6.10 Å². The number of nitrogens with zero attached hydrogens (tertiary/aromatic N) is 1. The second-order valence-electron chi connectivity index (χ2n) is 5.44. The minimum Gasteiger partial charge on any atom is -0.491 e. The molecule has 1 aliphatic heterocycles. The van der Waals surface area contributed by atoms with Crippen molar-refractivity contribution in [3.05, 3.63) is 23.8 Å². The zero-order valence-electron chi connectivity index (χ0n) is 11.6. The Bertz CT molecular complexity index is 395. The molecule has 1 fully saturated rings. The van der Waals surface area contributed by atoms with Gasteiger partial charge >= 0.3 is 0 Å². The predicted molar refractivity (Wildman–Crippen MR) is 76.4 cm³/mol. The van der Waals surface area contributed by atoms with Gasteiger partial charge in [0.2, 0.25) is 0 Å². The van der Waals surface area contributed by atoms with Gasteiger partial charge in [-0.2, -0.15) is 0 Å². The summed E-state index contributed by atoms with van der Waals surface area (Å²) in [6.07, 6.45) is 2.40. The van der Waals surface area contributed by atoms with Gasteiger partial charge in [0.1, 0.15) is 5.75 Å². The molecule has 1 saturated heterocycles. The maximum atomic E-state index is 5.94. The Kier molecular flexibility index (Phi) is 4.12. The van der Waals surface area contributed by atoms with Crippen molar-refractivity contribution in [3.8, 4) is 5.75 Å². The summed E-state index contributed by atoms with van der Waals surface area (Å²) in [6.45, 7) is 8.34. The molecule has 0 aliphatic carbocycles. The second kappa shape index (κ2) is 5.61. The van der Waals surface area contributed by atoms with Crippen molar-refractivity contribution >= 4 is 5.69 Å². The highest BCUT2D eigenvalue weighted by atomic mass is 16.5. The number of rotatable bonds is 3. The highest BCUT2D eigenvalue weighted by Gasteiger charge is 2.16. The molecule has 0 bridgehead atoms. The summed E-state index contributed by atoms with van der Waals surface area (Å²) in [5.41, 5.74) is 8.43. The summed E-state index contributed by atoms with van der Waals surface area (Å²) >= 11 is 0. The Morgan fingerprint density at radius 3 is 2.50 bits per heavy atom. The molecule has 3 nitrogen and oxygen atoms in total. The van der Waals surface area contributed by atoms with Crippen LogP contribution in [-0.2, 0) is 0 Å². The monoisotopic (exact) mass is 248 g/mol. The molecule has 0 saturated carbocycles. The van der Waals surface area contributed by atoms with E-state index in [0.717, 1.165) is 31.7 Å². The van der Waals surface area contributed by atoms with Gasteiger partial charge < -0.3 is 15.4 Å².